The summed E-state index contributed by atoms with van der Waals surface area (Å²) >= 11 is 0. The predicted octanol–water partition coefficient (Wildman–Crippen LogP) is 2.71. The smallest absolute Gasteiger partial charge is 0.309 e. The second-order valence-corrected chi connectivity index (χ2v) is 5.62. The van der Waals surface area contributed by atoms with Crippen LogP contribution in [0.15, 0.2) is 0 Å². The summed E-state index contributed by atoms with van der Waals surface area (Å²) in [5.41, 5.74) is -0.810. The molecule has 0 amide bonds. The number of carboxylic acid groups (broad SMARTS) is 1. The Kier molecular flexibility index (Phi) is 6.72. The van der Waals surface area contributed by atoms with Gasteiger partial charge in [-0.15, -0.1) is 0 Å². The van der Waals surface area contributed by atoms with Crippen molar-refractivity contribution in [1.82, 2.24) is 0 Å². The van der Waals surface area contributed by atoms with Crippen molar-refractivity contribution in [3.63, 3.8) is 0 Å². The molecule has 0 aromatic carbocycles. The lowest BCUT2D eigenvalue weighted by atomic mass is 9.88. The number of aliphatic carboxylic acids is 1. The highest BCUT2D eigenvalue weighted by Gasteiger charge is 2.26. The number of hydrogen-bond donors (Lipinski definition) is 1. The third-order valence-electron chi connectivity index (χ3n) is 3.07. The van der Waals surface area contributed by atoms with Crippen LogP contribution in [0.2, 0.25) is 0 Å². The normalized spacial score (nSPS) is 12.8. The molecule has 0 saturated heterocycles. The summed E-state index contributed by atoms with van der Waals surface area (Å²) in [6.45, 7) is 8.77. The highest BCUT2D eigenvalue weighted by molar-refractivity contribution is 5.73. The van der Waals surface area contributed by atoms with E-state index in [1.807, 2.05) is 13.8 Å². The molecule has 0 aliphatic carbocycles. The van der Waals surface area contributed by atoms with Crippen LogP contribution in [-0.2, 0) is 14.3 Å². The number of methoxy groups -OCH3 is 1. The van der Waals surface area contributed by atoms with Gasteiger partial charge in [0.05, 0.1) is 11.0 Å². The Morgan fingerprint density at radius 2 is 1.71 bits per heavy atom. The van der Waals surface area contributed by atoms with Crippen LogP contribution in [-0.4, -0.2) is 37.0 Å². The van der Waals surface area contributed by atoms with E-state index in [-0.39, 0.29) is 5.60 Å². The van der Waals surface area contributed by atoms with E-state index in [0.29, 0.717) is 19.6 Å². The maximum absolute atomic E-state index is 10.9. The van der Waals surface area contributed by atoms with E-state index in [9.17, 15) is 4.79 Å². The molecule has 0 fully saturated rings. The zero-order valence-corrected chi connectivity index (χ0v) is 11.7. The van der Waals surface area contributed by atoms with Crippen LogP contribution >= 0.6 is 0 Å². The first-order valence-corrected chi connectivity index (χ1v) is 6.07. The Hall–Kier alpha value is -0.610. The molecule has 0 aliphatic rings. The second-order valence-electron chi connectivity index (χ2n) is 5.62. The zero-order valence-electron chi connectivity index (χ0n) is 11.7. The molecule has 0 atom stereocenters. The maximum Gasteiger partial charge on any atom is 0.309 e. The van der Waals surface area contributed by atoms with Crippen molar-refractivity contribution in [2.45, 2.75) is 52.6 Å². The molecule has 102 valence electrons. The Morgan fingerprint density at radius 3 is 2.18 bits per heavy atom. The molecule has 0 bridgehead atoms. The highest BCUT2D eigenvalue weighted by atomic mass is 16.5. The summed E-state index contributed by atoms with van der Waals surface area (Å²) in [5.74, 6) is -0.752. The molecule has 17 heavy (non-hydrogen) atoms. The number of ether oxygens (including phenoxy) is 2. The summed E-state index contributed by atoms with van der Waals surface area (Å²) in [5, 5.41) is 8.93. The van der Waals surface area contributed by atoms with Gasteiger partial charge in [-0.3, -0.25) is 4.79 Å². The van der Waals surface area contributed by atoms with Gasteiger partial charge >= 0.3 is 5.97 Å². The minimum absolute atomic E-state index is 0.152. The topological polar surface area (TPSA) is 55.8 Å². The molecule has 4 nitrogen and oxygen atoms in total. The molecule has 0 heterocycles. The third kappa shape index (κ3) is 7.34. The fourth-order valence-electron chi connectivity index (χ4n) is 1.25. The Balaban J connectivity index is 3.57. The lowest BCUT2D eigenvalue weighted by molar-refractivity contribution is -0.147. The number of carboxylic acids is 1. The van der Waals surface area contributed by atoms with Crippen LogP contribution in [0.1, 0.15) is 47.0 Å². The predicted molar refractivity (Wildman–Crippen MR) is 67.2 cm³/mol. The average molecular weight is 246 g/mol. The summed E-state index contributed by atoms with van der Waals surface area (Å²) in [4.78, 5) is 10.9. The van der Waals surface area contributed by atoms with E-state index in [4.69, 9.17) is 14.6 Å². The van der Waals surface area contributed by atoms with E-state index in [0.717, 1.165) is 12.8 Å². The molecule has 0 spiro atoms. The summed E-state index contributed by atoms with van der Waals surface area (Å²) in [6.07, 6.45) is 2.24. The van der Waals surface area contributed by atoms with Gasteiger partial charge in [0.1, 0.15) is 0 Å². The number of carbonyl (C=O) groups is 1. The van der Waals surface area contributed by atoms with Crippen molar-refractivity contribution in [3.8, 4) is 0 Å². The van der Waals surface area contributed by atoms with Gasteiger partial charge in [0.25, 0.3) is 0 Å². The molecule has 0 aliphatic heterocycles. The molecule has 0 aromatic heterocycles. The van der Waals surface area contributed by atoms with Crippen molar-refractivity contribution >= 4 is 5.97 Å². The monoisotopic (exact) mass is 246 g/mol. The second kappa shape index (κ2) is 6.97. The summed E-state index contributed by atoms with van der Waals surface area (Å²) in [7, 11) is 1.69. The van der Waals surface area contributed by atoms with Crippen LogP contribution in [0.4, 0.5) is 0 Å². The van der Waals surface area contributed by atoms with Crippen molar-refractivity contribution in [3.05, 3.63) is 0 Å². The first-order chi connectivity index (χ1) is 7.71. The largest absolute Gasteiger partial charge is 0.481 e. The summed E-state index contributed by atoms with van der Waals surface area (Å²) < 4.78 is 10.7. The van der Waals surface area contributed by atoms with Gasteiger partial charge in [-0.05, 0) is 47.0 Å². The van der Waals surface area contributed by atoms with Gasteiger partial charge in [-0.1, -0.05) is 0 Å². The van der Waals surface area contributed by atoms with Crippen LogP contribution < -0.4 is 0 Å². The first-order valence-electron chi connectivity index (χ1n) is 6.07. The molecule has 0 radical (unpaired) electrons. The van der Waals surface area contributed by atoms with Crippen LogP contribution in [0.3, 0.4) is 0 Å². The van der Waals surface area contributed by atoms with Crippen molar-refractivity contribution in [1.29, 1.82) is 0 Å². The van der Waals surface area contributed by atoms with Gasteiger partial charge < -0.3 is 14.6 Å². The Morgan fingerprint density at radius 1 is 1.12 bits per heavy atom. The first kappa shape index (κ1) is 16.4. The molecule has 0 rings (SSSR count). The molecule has 1 N–H and O–H groups in total. The van der Waals surface area contributed by atoms with Crippen molar-refractivity contribution in [2.75, 3.05) is 20.3 Å². The Labute approximate surface area is 104 Å². The molecular formula is C13H26O4. The van der Waals surface area contributed by atoms with Crippen LogP contribution in [0, 0.1) is 5.41 Å². The van der Waals surface area contributed by atoms with Crippen LogP contribution in [0.25, 0.3) is 0 Å². The number of rotatable bonds is 9. The molecule has 0 saturated carbocycles. The minimum Gasteiger partial charge on any atom is -0.481 e. The quantitative estimate of drug-likeness (QED) is 0.635. The third-order valence-corrected chi connectivity index (χ3v) is 3.07. The van der Waals surface area contributed by atoms with Gasteiger partial charge in [0.2, 0.25) is 0 Å². The maximum atomic E-state index is 10.9. The van der Waals surface area contributed by atoms with Gasteiger partial charge in [-0.2, -0.15) is 0 Å². The van der Waals surface area contributed by atoms with E-state index in [2.05, 4.69) is 0 Å². The van der Waals surface area contributed by atoms with E-state index < -0.39 is 11.4 Å². The van der Waals surface area contributed by atoms with E-state index in [1.54, 1.807) is 21.0 Å². The Bertz CT molecular complexity index is 234. The molecule has 0 unspecified atom stereocenters. The SMILES string of the molecule is COC(C)(C)CCOCCCC(C)(C)C(=O)O. The van der Waals surface area contributed by atoms with E-state index in [1.165, 1.54) is 0 Å². The average Bonchev–Trinajstić information content (AvgIpc) is 2.23. The fraction of sp³-hybridized carbons (Fsp3) is 0.923. The standard InChI is InChI=1S/C13H26O4/c1-12(2,11(14)15)7-6-9-17-10-8-13(3,4)16-5/h6-10H2,1-5H3,(H,14,15). The molecule has 0 aromatic rings. The van der Waals surface area contributed by atoms with Crippen molar-refractivity contribution in [2.24, 2.45) is 5.41 Å². The fourth-order valence-corrected chi connectivity index (χ4v) is 1.25. The van der Waals surface area contributed by atoms with E-state index >= 15 is 0 Å². The lowest BCUT2D eigenvalue weighted by Gasteiger charge is -2.23. The molecular weight excluding hydrogens is 220 g/mol. The molecule has 4 heteroatoms. The zero-order chi connectivity index (χ0) is 13.5. The van der Waals surface area contributed by atoms with Gasteiger partial charge in [-0.25, -0.2) is 0 Å². The highest BCUT2D eigenvalue weighted by Crippen LogP contribution is 2.22. The minimum atomic E-state index is -0.752. The van der Waals surface area contributed by atoms with Gasteiger partial charge in [0.15, 0.2) is 0 Å². The number of hydrogen-bond acceptors (Lipinski definition) is 3. The lowest BCUT2D eigenvalue weighted by Crippen LogP contribution is -2.25. The summed E-state index contributed by atoms with van der Waals surface area (Å²) in [6, 6.07) is 0. The van der Waals surface area contributed by atoms with Gasteiger partial charge in [0, 0.05) is 20.3 Å². The van der Waals surface area contributed by atoms with Crippen LogP contribution in [0.5, 0.6) is 0 Å². The van der Waals surface area contributed by atoms with Crippen molar-refractivity contribution < 1.29 is 19.4 Å².